The van der Waals surface area contributed by atoms with E-state index < -0.39 is 0 Å². The van der Waals surface area contributed by atoms with Crippen LogP contribution in [0.15, 0.2) is 18.3 Å². The van der Waals surface area contributed by atoms with Crippen molar-refractivity contribution in [2.75, 3.05) is 0 Å². The lowest BCUT2D eigenvalue weighted by atomic mass is 10.1. The molecule has 2 unspecified atom stereocenters. The van der Waals surface area contributed by atoms with Crippen LogP contribution >= 0.6 is 0 Å². The molecule has 3 nitrogen and oxygen atoms in total. The van der Waals surface area contributed by atoms with Crippen molar-refractivity contribution in [3.05, 3.63) is 24.0 Å². The quantitative estimate of drug-likeness (QED) is 0.850. The summed E-state index contributed by atoms with van der Waals surface area (Å²) in [5.74, 6) is 0.241. The molecule has 16 heavy (non-hydrogen) atoms. The molecule has 2 rings (SSSR count). The van der Waals surface area contributed by atoms with Gasteiger partial charge in [0.25, 0.3) is 0 Å². The van der Waals surface area contributed by atoms with Crippen LogP contribution in [-0.4, -0.2) is 27.1 Å². The molecule has 1 saturated heterocycles. The lowest BCUT2D eigenvalue weighted by Gasteiger charge is -2.27. The van der Waals surface area contributed by atoms with Gasteiger partial charge in [0.05, 0.1) is 11.9 Å². The third-order valence-corrected chi connectivity index (χ3v) is 3.58. The molecule has 0 amide bonds. The molecule has 1 aromatic rings. The highest BCUT2D eigenvalue weighted by Crippen LogP contribution is 2.27. The third kappa shape index (κ3) is 2.35. The first-order chi connectivity index (χ1) is 7.70. The normalized spacial score (nSPS) is 26.1. The zero-order valence-corrected chi connectivity index (χ0v) is 10.1. The minimum Gasteiger partial charge on any atom is -0.506 e. The van der Waals surface area contributed by atoms with E-state index in [1.165, 1.54) is 25.5 Å². The van der Waals surface area contributed by atoms with Crippen molar-refractivity contribution in [1.29, 1.82) is 0 Å². The minimum absolute atomic E-state index is 0.241. The molecule has 0 saturated carbocycles. The summed E-state index contributed by atoms with van der Waals surface area (Å²) in [7, 11) is 0. The van der Waals surface area contributed by atoms with E-state index in [4.69, 9.17) is 0 Å². The summed E-state index contributed by atoms with van der Waals surface area (Å²) in [6.07, 6.45) is 5.33. The molecular weight excluding hydrogens is 200 g/mol. The molecule has 1 aliphatic heterocycles. The van der Waals surface area contributed by atoms with E-state index in [1.807, 2.05) is 6.07 Å². The Hall–Kier alpha value is -1.09. The van der Waals surface area contributed by atoms with Gasteiger partial charge in [0.15, 0.2) is 0 Å². The number of pyridine rings is 1. The van der Waals surface area contributed by atoms with E-state index in [1.54, 1.807) is 6.07 Å². The van der Waals surface area contributed by atoms with Gasteiger partial charge in [-0.1, -0.05) is 6.92 Å². The van der Waals surface area contributed by atoms with E-state index >= 15 is 0 Å². The molecule has 0 radical (unpaired) electrons. The van der Waals surface area contributed by atoms with Crippen molar-refractivity contribution in [2.24, 2.45) is 0 Å². The predicted octanol–water partition coefficient (Wildman–Crippen LogP) is 2.55. The largest absolute Gasteiger partial charge is 0.506 e. The summed E-state index contributed by atoms with van der Waals surface area (Å²) in [5, 5.41) is 9.19. The predicted molar refractivity (Wildman–Crippen MR) is 64.2 cm³/mol. The minimum atomic E-state index is 0.241. The van der Waals surface area contributed by atoms with E-state index in [2.05, 4.69) is 23.7 Å². The summed E-state index contributed by atoms with van der Waals surface area (Å²) >= 11 is 0. The number of rotatable bonds is 3. The van der Waals surface area contributed by atoms with Gasteiger partial charge in [0.1, 0.15) is 5.75 Å². The molecule has 88 valence electrons. The van der Waals surface area contributed by atoms with Gasteiger partial charge in [-0.25, -0.2) is 0 Å². The van der Waals surface area contributed by atoms with E-state index in [-0.39, 0.29) is 5.75 Å². The Morgan fingerprint density at radius 3 is 2.88 bits per heavy atom. The zero-order chi connectivity index (χ0) is 11.5. The van der Waals surface area contributed by atoms with Crippen LogP contribution in [0, 0.1) is 0 Å². The number of aromatic hydroxyl groups is 1. The van der Waals surface area contributed by atoms with Gasteiger partial charge in [0.2, 0.25) is 0 Å². The van der Waals surface area contributed by atoms with Crippen molar-refractivity contribution in [3.63, 3.8) is 0 Å². The molecule has 0 bridgehead atoms. The fraction of sp³-hybridized carbons (Fsp3) is 0.615. The van der Waals surface area contributed by atoms with Gasteiger partial charge in [-0.3, -0.25) is 9.88 Å². The Kier molecular flexibility index (Phi) is 3.44. The molecule has 2 atom stereocenters. The maximum Gasteiger partial charge on any atom is 0.133 e. The molecule has 1 aromatic heterocycles. The van der Waals surface area contributed by atoms with E-state index in [0.717, 1.165) is 12.2 Å². The topological polar surface area (TPSA) is 36.4 Å². The highest BCUT2D eigenvalue weighted by Gasteiger charge is 2.29. The number of aromatic nitrogens is 1. The van der Waals surface area contributed by atoms with E-state index in [9.17, 15) is 5.11 Å². The molecule has 1 aliphatic rings. The molecule has 1 N–H and O–H groups in total. The Balaban J connectivity index is 2.05. The summed E-state index contributed by atoms with van der Waals surface area (Å²) in [6, 6.07) is 4.98. The number of hydrogen-bond acceptors (Lipinski definition) is 3. The average Bonchev–Trinajstić information content (AvgIpc) is 2.63. The van der Waals surface area contributed by atoms with Crippen LogP contribution in [0.3, 0.4) is 0 Å². The summed E-state index contributed by atoms with van der Waals surface area (Å²) in [5.41, 5.74) is 1.05. The van der Waals surface area contributed by atoms with Crippen LogP contribution in [0.2, 0.25) is 0 Å². The smallest absolute Gasteiger partial charge is 0.133 e. The van der Waals surface area contributed by atoms with Crippen LogP contribution in [0.1, 0.15) is 38.8 Å². The Morgan fingerprint density at radius 1 is 1.44 bits per heavy atom. The Labute approximate surface area is 97.1 Å². The first kappa shape index (κ1) is 11.4. The average molecular weight is 220 g/mol. The number of hydrogen-bond donors (Lipinski definition) is 1. The van der Waals surface area contributed by atoms with Gasteiger partial charge in [-0.05, 0) is 38.3 Å². The van der Waals surface area contributed by atoms with Gasteiger partial charge in [-0.2, -0.15) is 0 Å². The summed E-state index contributed by atoms with van der Waals surface area (Å²) < 4.78 is 0. The van der Waals surface area contributed by atoms with Crippen LogP contribution in [-0.2, 0) is 6.54 Å². The third-order valence-electron chi connectivity index (χ3n) is 3.58. The molecular formula is C13H20N2O. The Bertz CT molecular complexity index is 336. The van der Waals surface area contributed by atoms with Crippen molar-refractivity contribution >= 4 is 0 Å². The fourth-order valence-corrected chi connectivity index (χ4v) is 2.55. The van der Waals surface area contributed by atoms with Gasteiger partial charge < -0.3 is 5.11 Å². The lowest BCUT2D eigenvalue weighted by Crippen LogP contribution is -2.33. The molecule has 0 aromatic carbocycles. The number of nitrogens with zero attached hydrogens (tertiary/aromatic N) is 2. The molecule has 2 heterocycles. The van der Waals surface area contributed by atoms with Crippen molar-refractivity contribution in [3.8, 4) is 5.75 Å². The lowest BCUT2D eigenvalue weighted by molar-refractivity contribution is 0.187. The standard InChI is InChI=1S/C13H20N2O/c1-3-12-6-4-10(2)15(12)9-11-5-7-13(16)8-14-11/h5,7-8,10,12,16H,3-4,6,9H2,1-2H3. The first-order valence-corrected chi connectivity index (χ1v) is 6.10. The highest BCUT2D eigenvalue weighted by molar-refractivity contribution is 5.18. The SMILES string of the molecule is CCC1CCC(C)N1Cc1ccc(O)cn1. The maximum absolute atomic E-state index is 9.19. The second kappa shape index (κ2) is 4.83. The highest BCUT2D eigenvalue weighted by atomic mass is 16.3. The van der Waals surface area contributed by atoms with Gasteiger partial charge in [0, 0.05) is 18.6 Å². The molecule has 0 aliphatic carbocycles. The van der Waals surface area contributed by atoms with Gasteiger partial charge in [-0.15, -0.1) is 0 Å². The molecule has 1 fully saturated rings. The molecule has 0 spiro atoms. The molecule has 3 heteroatoms. The second-order valence-electron chi connectivity index (χ2n) is 4.67. The van der Waals surface area contributed by atoms with Crippen LogP contribution in [0.5, 0.6) is 5.75 Å². The summed E-state index contributed by atoms with van der Waals surface area (Å²) in [4.78, 5) is 6.78. The fourth-order valence-electron chi connectivity index (χ4n) is 2.55. The van der Waals surface area contributed by atoms with Crippen molar-refractivity contribution < 1.29 is 5.11 Å². The van der Waals surface area contributed by atoms with Crippen LogP contribution in [0.25, 0.3) is 0 Å². The van der Waals surface area contributed by atoms with Crippen LogP contribution < -0.4 is 0 Å². The zero-order valence-electron chi connectivity index (χ0n) is 10.1. The van der Waals surface area contributed by atoms with Crippen LogP contribution in [0.4, 0.5) is 0 Å². The maximum atomic E-state index is 9.19. The summed E-state index contributed by atoms with van der Waals surface area (Å²) in [6.45, 7) is 5.44. The number of likely N-dealkylation sites (tertiary alicyclic amines) is 1. The van der Waals surface area contributed by atoms with Gasteiger partial charge >= 0.3 is 0 Å². The second-order valence-corrected chi connectivity index (χ2v) is 4.67. The first-order valence-electron chi connectivity index (χ1n) is 6.10. The monoisotopic (exact) mass is 220 g/mol. The van der Waals surface area contributed by atoms with Crippen molar-refractivity contribution in [2.45, 2.75) is 51.7 Å². The van der Waals surface area contributed by atoms with E-state index in [0.29, 0.717) is 12.1 Å². The Morgan fingerprint density at radius 2 is 2.25 bits per heavy atom. The van der Waals surface area contributed by atoms with Crippen molar-refractivity contribution in [1.82, 2.24) is 9.88 Å².